The standard InChI is InChI=1S/C42H33BrN4O4S/c1-2-47-37-11-7-6-10-34(37)35-24-31(18-22-38(35)47)44-40(48)26-52-33-20-16-30(17-21-33)45-42(50)36(46-41(49)28-8-4-3-5-9-28)25-32-19-23-39(51-32)27-12-14-29(43)15-13-27/h3-25H,2,26H2,1H3,(H,44,48)(H,45,50)(H,46,49). The van der Waals surface area contributed by atoms with E-state index in [4.69, 9.17) is 4.42 Å². The molecule has 0 saturated heterocycles. The average molecular weight is 770 g/mol. The molecule has 5 aromatic carbocycles. The van der Waals surface area contributed by atoms with Crippen molar-refractivity contribution >= 4 is 84.7 Å². The lowest BCUT2D eigenvalue weighted by molar-refractivity contribution is -0.114. The summed E-state index contributed by atoms with van der Waals surface area (Å²) in [4.78, 5) is 40.4. The third kappa shape index (κ3) is 7.88. The second-order valence-corrected chi connectivity index (χ2v) is 13.9. The third-order valence-corrected chi connectivity index (χ3v) is 9.97. The summed E-state index contributed by atoms with van der Waals surface area (Å²) in [5.41, 5.74) is 4.87. The summed E-state index contributed by atoms with van der Waals surface area (Å²) in [5.74, 6) is 0.157. The van der Waals surface area contributed by atoms with Gasteiger partial charge >= 0.3 is 0 Å². The Bertz CT molecular complexity index is 2430. The predicted molar refractivity (Wildman–Crippen MR) is 213 cm³/mol. The van der Waals surface area contributed by atoms with Crippen molar-refractivity contribution in [2.24, 2.45) is 0 Å². The van der Waals surface area contributed by atoms with Gasteiger partial charge in [0.15, 0.2) is 0 Å². The molecule has 3 amide bonds. The number of nitrogens with one attached hydrogen (secondary N) is 3. The average Bonchev–Trinajstić information content (AvgIpc) is 3.77. The monoisotopic (exact) mass is 768 g/mol. The number of hydrogen-bond donors (Lipinski definition) is 3. The highest BCUT2D eigenvalue weighted by Crippen LogP contribution is 2.31. The van der Waals surface area contributed by atoms with Crippen molar-refractivity contribution in [2.75, 3.05) is 16.4 Å². The third-order valence-electron chi connectivity index (χ3n) is 8.43. The lowest BCUT2D eigenvalue weighted by Crippen LogP contribution is -2.30. The number of nitrogens with zero attached hydrogens (tertiary/aromatic N) is 1. The van der Waals surface area contributed by atoms with E-state index in [0.29, 0.717) is 22.8 Å². The Labute approximate surface area is 313 Å². The van der Waals surface area contributed by atoms with Crippen molar-refractivity contribution in [1.82, 2.24) is 9.88 Å². The summed E-state index contributed by atoms with van der Waals surface area (Å²) >= 11 is 4.83. The molecule has 0 bridgehead atoms. The van der Waals surface area contributed by atoms with Crippen LogP contribution in [0.25, 0.3) is 39.2 Å². The number of anilines is 2. The zero-order chi connectivity index (χ0) is 36.0. The molecule has 7 aromatic rings. The van der Waals surface area contributed by atoms with E-state index >= 15 is 0 Å². The fraction of sp³-hybridized carbons (Fsp3) is 0.0714. The Morgan fingerprint density at radius 2 is 1.46 bits per heavy atom. The Balaban J connectivity index is 1.01. The second-order valence-electron chi connectivity index (χ2n) is 11.9. The molecule has 52 heavy (non-hydrogen) atoms. The van der Waals surface area contributed by atoms with Crippen LogP contribution < -0.4 is 16.0 Å². The Hall–Kier alpha value is -5.84. The zero-order valence-corrected chi connectivity index (χ0v) is 30.5. The quantitative estimate of drug-likeness (QED) is 0.0898. The van der Waals surface area contributed by atoms with Crippen LogP contribution in [0.3, 0.4) is 0 Å². The summed E-state index contributed by atoms with van der Waals surface area (Å²) in [5, 5.41) is 10.9. The number of hydrogen-bond acceptors (Lipinski definition) is 5. The van der Waals surface area contributed by atoms with Crippen LogP contribution in [-0.2, 0) is 16.1 Å². The molecule has 0 aliphatic carbocycles. The maximum Gasteiger partial charge on any atom is 0.272 e. The number of aryl methyl sites for hydroxylation is 1. The second kappa shape index (κ2) is 15.6. The van der Waals surface area contributed by atoms with Gasteiger partial charge in [0.25, 0.3) is 11.8 Å². The fourth-order valence-corrected chi connectivity index (χ4v) is 6.90. The van der Waals surface area contributed by atoms with Crippen LogP contribution in [0.2, 0.25) is 0 Å². The normalized spacial score (nSPS) is 11.5. The van der Waals surface area contributed by atoms with Gasteiger partial charge in [-0.3, -0.25) is 14.4 Å². The number of aromatic nitrogens is 1. The van der Waals surface area contributed by atoms with Crippen molar-refractivity contribution in [3.8, 4) is 11.3 Å². The first kappa shape index (κ1) is 34.6. The van der Waals surface area contributed by atoms with Gasteiger partial charge in [0.2, 0.25) is 5.91 Å². The minimum atomic E-state index is -0.523. The molecule has 0 saturated carbocycles. The number of benzene rings is 5. The molecule has 3 N–H and O–H groups in total. The largest absolute Gasteiger partial charge is 0.457 e. The van der Waals surface area contributed by atoms with E-state index in [0.717, 1.165) is 43.5 Å². The Morgan fingerprint density at radius 3 is 2.23 bits per heavy atom. The molecule has 0 unspecified atom stereocenters. The van der Waals surface area contributed by atoms with E-state index in [1.165, 1.54) is 23.4 Å². The molecule has 0 fully saturated rings. The molecule has 0 spiro atoms. The number of rotatable bonds is 11. The highest BCUT2D eigenvalue weighted by molar-refractivity contribution is 9.10. The van der Waals surface area contributed by atoms with Crippen molar-refractivity contribution in [2.45, 2.75) is 18.4 Å². The van der Waals surface area contributed by atoms with Gasteiger partial charge in [0.05, 0.1) is 5.75 Å². The van der Waals surface area contributed by atoms with Crippen LogP contribution in [0.4, 0.5) is 11.4 Å². The SMILES string of the molecule is CCn1c2ccccc2c2cc(NC(=O)CSc3ccc(NC(=O)C(=Cc4ccc(-c5ccc(Br)cc5)o4)NC(=O)c4ccccc4)cc3)ccc21. The van der Waals surface area contributed by atoms with Crippen molar-refractivity contribution in [3.05, 3.63) is 155 Å². The van der Waals surface area contributed by atoms with Gasteiger partial charge < -0.3 is 24.9 Å². The van der Waals surface area contributed by atoms with E-state index in [2.05, 4.69) is 61.6 Å². The van der Waals surface area contributed by atoms with Gasteiger partial charge in [-0.15, -0.1) is 11.8 Å². The summed E-state index contributed by atoms with van der Waals surface area (Å²) in [6.45, 7) is 2.99. The Kier molecular flexibility index (Phi) is 10.4. The molecule has 0 aliphatic rings. The molecule has 2 heterocycles. The molecule has 7 rings (SSSR count). The number of para-hydroxylation sites is 1. The molecule has 258 valence electrons. The Morgan fingerprint density at radius 1 is 0.750 bits per heavy atom. The molecular weight excluding hydrogens is 736 g/mol. The fourth-order valence-electron chi connectivity index (χ4n) is 5.94. The van der Waals surface area contributed by atoms with Crippen LogP contribution in [0.1, 0.15) is 23.0 Å². The van der Waals surface area contributed by atoms with Crippen molar-refractivity contribution in [1.29, 1.82) is 0 Å². The van der Waals surface area contributed by atoms with E-state index in [1.54, 1.807) is 42.5 Å². The molecular formula is C42H33BrN4O4S. The van der Waals surface area contributed by atoms with E-state index in [-0.39, 0.29) is 17.4 Å². The minimum Gasteiger partial charge on any atom is -0.457 e. The lowest BCUT2D eigenvalue weighted by atomic mass is 10.1. The summed E-state index contributed by atoms with van der Waals surface area (Å²) in [6.07, 6.45) is 1.50. The van der Waals surface area contributed by atoms with Crippen LogP contribution in [0, 0.1) is 0 Å². The van der Waals surface area contributed by atoms with Crippen molar-refractivity contribution < 1.29 is 18.8 Å². The highest BCUT2D eigenvalue weighted by Gasteiger charge is 2.17. The maximum atomic E-state index is 13.5. The summed E-state index contributed by atoms with van der Waals surface area (Å²) < 4.78 is 9.23. The van der Waals surface area contributed by atoms with Crippen molar-refractivity contribution in [3.63, 3.8) is 0 Å². The molecule has 0 atom stereocenters. The summed E-state index contributed by atoms with van der Waals surface area (Å²) in [6, 6.07) is 41.4. The van der Waals surface area contributed by atoms with Gasteiger partial charge in [-0.05, 0) is 91.9 Å². The molecule has 0 radical (unpaired) electrons. The first-order valence-corrected chi connectivity index (χ1v) is 18.4. The number of halogens is 1. The number of amides is 3. The van der Waals surface area contributed by atoms with E-state index in [9.17, 15) is 14.4 Å². The van der Waals surface area contributed by atoms with Gasteiger partial charge in [-0.25, -0.2) is 0 Å². The topological polar surface area (TPSA) is 105 Å². The minimum absolute atomic E-state index is 0.0122. The first-order valence-electron chi connectivity index (χ1n) is 16.6. The summed E-state index contributed by atoms with van der Waals surface area (Å²) in [7, 11) is 0. The van der Waals surface area contributed by atoms with Crippen LogP contribution in [0.15, 0.2) is 153 Å². The molecule has 10 heteroatoms. The lowest BCUT2D eigenvalue weighted by Gasteiger charge is -2.11. The highest BCUT2D eigenvalue weighted by atomic mass is 79.9. The number of fused-ring (bicyclic) bond motifs is 3. The van der Waals surface area contributed by atoms with E-state index in [1.807, 2.05) is 72.8 Å². The maximum absolute atomic E-state index is 13.5. The predicted octanol–water partition coefficient (Wildman–Crippen LogP) is 9.98. The zero-order valence-electron chi connectivity index (χ0n) is 28.1. The van der Waals surface area contributed by atoms with Gasteiger partial charge in [0.1, 0.15) is 17.2 Å². The van der Waals surface area contributed by atoms with Gasteiger partial charge in [0, 0.05) is 66.3 Å². The molecule has 2 aromatic heterocycles. The first-order chi connectivity index (χ1) is 25.3. The van der Waals surface area contributed by atoms with Crippen LogP contribution >= 0.6 is 27.7 Å². The van der Waals surface area contributed by atoms with Gasteiger partial charge in [-0.1, -0.05) is 64.5 Å². The van der Waals surface area contributed by atoms with Gasteiger partial charge in [-0.2, -0.15) is 0 Å². The van der Waals surface area contributed by atoms with Crippen LogP contribution in [-0.4, -0.2) is 28.0 Å². The number of thioether (sulfide) groups is 1. The smallest absolute Gasteiger partial charge is 0.272 e. The number of carbonyl (C=O) groups is 3. The van der Waals surface area contributed by atoms with Crippen LogP contribution in [0.5, 0.6) is 0 Å². The number of carbonyl (C=O) groups excluding carboxylic acids is 3. The molecule has 8 nitrogen and oxygen atoms in total. The molecule has 0 aliphatic heterocycles. The number of furan rings is 1. The van der Waals surface area contributed by atoms with E-state index < -0.39 is 11.8 Å².